The van der Waals surface area contributed by atoms with Crippen LogP contribution in [0.15, 0.2) is 24.3 Å². The average molecular weight is 342 g/mol. The third-order valence-corrected chi connectivity index (χ3v) is 6.22. The maximum absolute atomic E-state index is 12.8. The monoisotopic (exact) mass is 341 g/mol. The SMILES string of the molecule is CC(C#N)CN(C)S(=O)(=O)N1CCCC1c1ccccc1Cl. The Hall–Kier alpha value is -1.13. The number of nitriles is 1. The molecule has 7 heteroatoms. The Balaban J connectivity index is 2.27. The molecule has 1 heterocycles. The lowest BCUT2D eigenvalue weighted by Gasteiger charge is -2.29. The van der Waals surface area contributed by atoms with Crippen LogP contribution in [0, 0.1) is 17.2 Å². The lowest BCUT2D eigenvalue weighted by molar-refractivity contribution is 0.339. The highest BCUT2D eigenvalue weighted by molar-refractivity contribution is 7.86. The minimum absolute atomic E-state index is 0.185. The highest BCUT2D eigenvalue weighted by Crippen LogP contribution is 2.38. The molecule has 1 fully saturated rings. The van der Waals surface area contributed by atoms with Gasteiger partial charge in [0.15, 0.2) is 0 Å². The summed E-state index contributed by atoms with van der Waals surface area (Å²) in [5.74, 6) is -0.346. The van der Waals surface area contributed by atoms with Gasteiger partial charge in [-0.2, -0.15) is 22.3 Å². The summed E-state index contributed by atoms with van der Waals surface area (Å²) in [5.41, 5.74) is 0.840. The average Bonchev–Trinajstić information content (AvgIpc) is 2.97. The van der Waals surface area contributed by atoms with E-state index < -0.39 is 10.2 Å². The summed E-state index contributed by atoms with van der Waals surface area (Å²) in [6.45, 7) is 2.37. The topological polar surface area (TPSA) is 64.4 Å². The Kier molecular flexibility index (Phi) is 5.45. The summed E-state index contributed by atoms with van der Waals surface area (Å²) < 4.78 is 28.3. The first kappa shape index (κ1) is 17.2. The van der Waals surface area contributed by atoms with E-state index in [9.17, 15) is 8.42 Å². The molecule has 0 radical (unpaired) electrons. The number of benzene rings is 1. The predicted molar refractivity (Wildman–Crippen MR) is 86.5 cm³/mol. The van der Waals surface area contributed by atoms with Crippen LogP contribution in [0.5, 0.6) is 0 Å². The molecule has 0 bridgehead atoms. The third kappa shape index (κ3) is 3.44. The van der Waals surface area contributed by atoms with E-state index in [1.54, 1.807) is 13.0 Å². The van der Waals surface area contributed by atoms with Crippen LogP contribution in [-0.4, -0.2) is 37.2 Å². The Morgan fingerprint density at radius 1 is 1.50 bits per heavy atom. The van der Waals surface area contributed by atoms with Crippen LogP contribution in [0.4, 0.5) is 0 Å². The van der Waals surface area contributed by atoms with Gasteiger partial charge in [0.05, 0.1) is 18.0 Å². The van der Waals surface area contributed by atoms with Crippen LogP contribution < -0.4 is 0 Å². The summed E-state index contributed by atoms with van der Waals surface area (Å²) in [6.07, 6.45) is 1.56. The van der Waals surface area contributed by atoms with E-state index in [0.717, 1.165) is 18.4 Å². The van der Waals surface area contributed by atoms with E-state index in [1.165, 1.54) is 15.7 Å². The second kappa shape index (κ2) is 6.97. The molecule has 0 N–H and O–H groups in total. The van der Waals surface area contributed by atoms with Crippen molar-refractivity contribution in [1.29, 1.82) is 5.26 Å². The molecule has 1 aromatic carbocycles. The van der Waals surface area contributed by atoms with Crippen molar-refractivity contribution in [3.8, 4) is 6.07 Å². The number of hydrogen-bond acceptors (Lipinski definition) is 3. The van der Waals surface area contributed by atoms with Crippen molar-refractivity contribution in [2.75, 3.05) is 20.1 Å². The third-order valence-electron chi connectivity index (χ3n) is 3.91. The molecule has 1 aliphatic heterocycles. The number of nitrogens with zero attached hydrogens (tertiary/aromatic N) is 3. The smallest absolute Gasteiger partial charge is 0.198 e. The van der Waals surface area contributed by atoms with Crippen molar-refractivity contribution in [2.24, 2.45) is 5.92 Å². The Morgan fingerprint density at radius 3 is 2.82 bits per heavy atom. The largest absolute Gasteiger partial charge is 0.282 e. The fourth-order valence-electron chi connectivity index (χ4n) is 2.77. The Morgan fingerprint density at radius 2 is 2.18 bits per heavy atom. The minimum atomic E-state index is -3.60. The van der Waals surface area contributed by atoms with Gasteiger partial charge in [-0.05, 0) is 31.4 Å². The van der Waals surface area contributed by atoms with Crippen LogP contribution in [0.1, 0.15) is 31.4 Å². The standard InChI is InChI=1S/C15H20ClN3O2S/c1-12(10-17)11-18(2)22(20,21)19-9-5-8-15(19)13-6-3-4-7-14(13)16/h3-4,6-7,12,15H,5,8-9,11H2,1-2H3. The van der Waals surface area contributed by atoms with E-state index in [0.29, 0.717) is 11.6 Å². The first-order valence-corrected chi connectivity index (χ1v) is 9.02. The van der Waals surface area contributed by atoms with E-state index in [-0.39, 0.29) is 18.5 Å². The maximum atomic E-state index is 12.8. The van der Waals surface area contributed by atoms with E-state index >= 15 is 0 Å². The zero-order chi connectivity index (χ0) is 16.3. The van der Waals surface area contributed by atoms with Crippen molar-refractivity contribution in [1.82, 2.24) is 8.61 Å². The van der Waals surface area contributed by atoms with Gasteiger partial charge in [-0.15, -0.1) is 0 Å². The van der Waals surface area contributed by atoms with E-state index in [4.69, 9.17) is 16.9 Å². The van der Waals surface area contributed by atoms with Gasteiger partial charge in [0.25, 0.3) is 10.2 Å². The molecule has 2 unspecified atom stereocenters. The first-order valence-electron chi connectivity index (χ1n) is 7.25. The van der Waals surface area contributed by atoms with Gasteiger partial charge in [0, 0.05) is 25.2 Å². The molecular weight excluding hydrogens is 322 g/mol. The molecule has 1 saturated heterocycles. The second-order valence-electron chi connectivity index (χ2n) is 5.61. The number of rotatable bonds is 5. The minimum Gasteiger partial charge on any atom is -0.198 e. The van der Waals surface area contributed by atoms with Crippen molar-refractivity contribution in [3.05, 3.63) is 34.9 Å². The molecule has 0 aliphatic carbocycles. The van der Waals surface area contributed by atoms with Gasteiger partial charge in [0.2, 0.25) is 0 Å². The zero-order valence-corrected chi connectivity index (χ0v) is 14.3. The molecule has 1 aromatic rings. The van der Waals surface area contributed by atoms with Crippen molar-refractivity contribution < 1.29 is 8.42 Å². The van der Waals surface area contributed by atoms with Gasteiger partial charge < -0.3 is 0 Å². The molecule has 2 rings (SSSR count). The molecule has 5 nitrogen and oxygen atoms in total. The number of hydrogen-bond donors (Lipinski definition) is 0. The lowest BCUT2D eigenvalue weighted by Crippen LogP contribution is -2.43. The molecule has 2 atom stereocenters. The quantitative estimate of drug-likeness (QED) is 0.827. The molecule has 120 valence electrons. The highest BCUT2D eigenvalue weighted by atomic mass is 35.5. The lowest BCUT2D eigenvalue weighted by atomic mass is 10.1. The molecule has 0 aromatic heterocycles. The zero-order valence-electron chi connectivity index (χ0n) is 12.7. The van der Waals surface area contributed by atoms with Gasteiger partial charge in [-0.3, -0.25) is 0 Å². The molecule has 1 aliphatic rings. The van der Waals surface area contributed by atoms with Gasteiger partial charge in [0.1, 0.15) is 0 Å². The molecule has 0 spiro atoms. The Bertz CT molecular complexity index is 672. The predicted octanol–water partition coefficient (Wildman–Crippen LogP) is 2.81. The van der Waals surface area contributed by atoms with Gasteiger partial charge >= 0.3 is 0 Å². The van der Waals surface area contributed by atoms with Crippen LogP contribution in [0.25, 0.3) is 0 Å². The molecule has 0 amide bonds. The van der Waals surface area contributed by atoms with Gasteiger partial charge in [-0.1, -0.05) is 29.8 Å². The molecule has 0 saturated carbocycles. The first-order chi connectivity index (χ1) is 10.4. The van der Waals surface area contributed by atoms with Gasteiger partial charge in [-0.25, -0.2) is 0 Å². The summed E-state index contributed by atoms with van der Waals surface area (Å²) in [4.78, 5) is 0. The van der Waals surface area contributed by atoms with Crippen LogP contribution in [0.2, 0.25) is 5.02 Å². The maximum Gasteiger partial charge on any atom is 0.282 e. The summed E-state index contributed by atoms with van der Waals surface area (Å²) >= 11 is 6.23. The van der Waals surface area contributed by atoms with Crippen LogP contribution in [0.3, 0.4) is 0 Å². The fraction of sp³-hybridized carbons (Fsp3) is 0.533. The summed E-state index contributed by atoms with van der Waals surface area (Å²) in [5, 5.41) is 9.46. The summed E-state index contributed by atoms with van der Waals surface area (Å²) in [6, 6.07) is 9.18. The number of halogens is 1. The molecular formula is C15H20ClN3O2S. The summed E-state index contributed by atoms with van der Waals surface area (Å²) in [7, 11) is -2.08. The van der Waals surface area contributed by atoms with E-state index in [1.807, 2.05) is 18.2 Å². The van der Waals surface area contributed by atoms with Crippen LogP contribution >= 0.6 is 11.6 Å². The fourth-order valence-corrected chi connectivity index (χ4v) is 4.70. The normalized spacial score (nSPS) is 21.0. The van der Waals surface area contributed by atoms with Crippen molar-refractivity contribution >= 4 is 21.8 Å². The highest BCUT2D eigenvalue weighted by Gasteiger charge is 2.38. The molecule has 22 heavy (non-hydrogen) atoms. The van der Waals surface area contributed by atoms with Crippen LogP contribution in [-0.2, 0) is 10.2 Å². The second-order valence-corrected chi connectivity index (χ2v) is 8.00. The van der Waals surface area contributed by atoms with E-state index in [2.05, 4.69) is 6.07 Å². The van der Waals surface area contributed by atoms with Crippen molar-refractivity contribution in [2.45, 2.75) is 25.8 Å². The Labute approximate surface area is 137 Å². The van der Waals surface area contributed by atoms with Crippen molar-refractivity contribution in [3.63, 3.8) is 0 Å².